The molecule has 5 heteroatoms. The van der Waals surface area contributed by atoms with E-state index >= 15 is 0 Å². The molecule has 1 aromatic rings. The summed E-state index contributed by atoms with van der Waals surface area (Å²) in [5.41, 5.74) is 2.51. The maximum Gasteiger partial charge on any atom is 0.317 e. The van der Waals surface area contributed by atoms with Crippen LogP contribution in [-0.4, -0.2) is 60.3 Å². The zero-order valence-corrected chi connectivity index (χ0v) is 15.2. The van der Waals surface area contributed by atoms with Crippen LogP contribution >= 0.6 is 0 Å². The molecule has 0 aliphatic carbocycles. The minimum absolute atomic E-state index is 0.0769. The van der Waals surface area contributed by atoms with E-state index in [0.717, 1.165) is 13.1 Å². The van der Waals surface area contributed by atoms with Gasteiger partial charge in [0.25, 0.3) is 0 Å². The van der Waals surface area contributed by atoms with E-state index in [4.69, 9.17) is 0 Å². The Morgan fingerprint density at radius 3 is 2.50 bits per heavy atom. The van der Waals surface area contributed by atoms with Gasteiger partial charge in [0.2, 0.25) is 0 Å². The first-order valence-electron chi connectivity index (χ1n) is 8.95. The van der Waals surface area contributed by atoms with Crippen LogP contribution in [0.5, 0.6) is 0 Å². The van der Waals surface area contributed by atoms with Gasteiger partial charge in [0, 0.05) is 20.1 Å². The first kappa shape index (κ1) is 18.7. The number of rotatable bonds is 7. The van der Waals surface area contributed by atoms with Gasteiger partial charge in [0.15, 0.2) is 0 Å². The van der Waals surface area contributed by atoms with Gasteiger partial charge in [-0.2, -0.15) is 0 Å². The second-order valence-electron chi connectivity index (χ2n) is 6.91. The third kappa shape index (κ3) is 5.49. The number of urea groups is 1. The molecular formula is C19H31N3O2. The molecular weight excluding hydrogens is 302 g/mol. The molecule has 2 atom stereocenters. The number of aryl methyl sites for hydroxylation is 1. The lowest BCUT2D eigenvalue weighted by molar-refractivity contribution is 0.161. The molecule has 5 nitrogen and oxygen atoms in total. The molecule has 1 aliphatic rings. The number of carbonyl (C=O) groups is 1. The molecule has 0 radical (unpaired) electrons. The van der Waals surface area contributed by atoms with E-state index < -0.39 is 0 Å². The third-order valence-corrected chi connectivity index (χ3v) is 4.72. The van der Waals surface area contributed by atoms with Crippen molar-refractivity contribution in [2.75, 3.05) is 33.2 Å². The van der Waals surface area contributed by atoms with E-state index in [1.54, 1.807) is 18.9 Å². The van der Waals surface area contributed by atoms with Crippen molar-refractivity contribution >= 4 is 6.03 Å². The Morgan fingerprint density at radius 2 is 1.92 bits per heavy atom. The van der Waals surface area contributed by atoms with Crippen LogP contribution in [-0.2, 0) is 0 Å². The molecule has 1 fully saturated rings. The lowest BCUT2D eigenvalue weighted by Crippen LogP contribution is -2.43. The Kier molecular flexibility index (Phi) is 7.06. The first-order chi connectivity index (χ1) is 11.5. The van der Waals surface area contributed by atoms with E-state index in [1.165, 1.54) is 24.0 Å². The van der Waals surface area contributed by atoms with Gasteiger partial charge in [0.1, 0.15) is 0 Å². The number of carbonyl (C=O) groups excluding carboxylic acids is 1. The number of nitrogens with zero attached hydrogens (tertiary/aromatic N) is 2. The van der Waals surface area contributed by atoms with Crippen molar-refractivity contribution in [3.05, 3.63) is 35.4 Å². The number of aliphatic hydroxyl groups is 1. The molecule has 0 aromatic heterocycles. The smallest absolute Gasteiger partial charge is 0.317 e. The highest BCUT2D eigenvalue weighted by Gasteiger charge is 2.24. The van der Waals surface area contributed by atoms with E-state index in [2.05, 4.69) is 41.4 Å². The molecule has 24 heavy (non-hydrogen) atoms. The summed E-state index contributed by atoms with van der Waals surface area (Å²) in [4.78, 5) is 16.4. The second kappa shape index (κ2) is 9.04. The van der Waals surface area contributed by atoms with Crippen molar-refractivity contribution in [1.29, 1.82) is 0 Å². The Labute approximate surface area is 145 Å². The quantitative estimate of drug-likeness (QED) is 0.806. The van der Waals surface area contributed by atoms with Crippen LogP contribution in [0.15, 0.2) is 24.3 Å². The lowest BCUT2D eigenvalue weighted by atomic mass is 10.0. The number of amides is 2. The summed E-state index contributed by atoms with van der Waals surface area (Å²) in [6, 6.07) is 8.75. The normalized spacial score (nSPS) is 17.5. The average Bonchev–Trinajstić information content (AvgIpc) is 3.08. The number of hydrogen-bond donors (Lipinski definition) is 2. The fourth-order valence-electron chi connectivity index (χ4n) is 3.10. The van der Waals surface area contributed by atoms with Gasteiger partial charge >= 0.3 is 6.03 Å². The number of aliphatic hydroxyl groups excluding tert-OH is 1. The molecule has 2 rings (SSSR count). The van der Waals surface area contributed by atoms with Crippen molar-refractivity contribution in [3.8, 4) is 0 Å². The zero-order valence-electron chi connectivity index (χ0n) is 15.2. The Morgan fingerprint density at radius 1 is 1.29 bits per heavy atom. The van der Waals surface area contributed by atoms with E-state index in [1.807, 2.05) is 0 Å². The summed E-state index contributed by atoms with van der Waals surface area (Å²) in [5.74, 6) is 0. The van der Waals surface area contributed by atoms with Crippen molar-refractivity contribution in [3.63, 3.8) is 0 Å². The molecule has 0 bridgehead atoms. The van der Waals surface area contributed by atoms with E-state index in [9.17, 15) is 9.90 Å². The topological polar surface area (TPSA) is 55.8 Å². The van der Waals surface area contributed by atoms with Gasteiger partial charge < -0.3 is 15.3 Å². The Bertz CT molecular complexity index is 510. The number of hydrogen-bond acceptors (Lipinski definition) is 3. The summed E-state index contributed by atoms with van der Waals surface area (Å²) in [5, 5.41) is 12.4. The standard InChI is InChI=1S/C19H31N3O2/c1-15-6-8-17(9-7-15)18(22-11-4-5-12-22)14-20-19(24)21(3)13-10-16(2)23/h6-9,16,18,23H,4-5,10-14H2,1-3H3,(H,20,24). The van der Waals surface area contributed by atoms with Crippen molar-refractivity contribution in [1.82, 2.24) is 15.1 Å². The van der Waals surface area contributed by atoms with Gasteiger partial charge in [-0.1, -0.05) is 29.8 Å². The molecule has 1 saturated heterocycles. The SMILES string of the molecule is Cc1ccc(C(CNC(=O)N(C)CCC(C)O)N2CCCC2)cc1. The fraction of sp³-hybridized carbons (Fsp3) is 0.632. The minimum Gasteiger partial charge on any atom is -0.393 e. The van der Waals surface area contributed by atoms with E-state index in [-0.39, 0.29) is 18.2 Å². The zero-order chi connectivity index (χ0) is 17.5. The molecule has 0 spiro atoms. The first-order valence-corrected chi connectivity index (χ1v) is 8.95. The van der Waals surface area contributed by atoms with E-state index in [0.29, 0.717) is 19.5 Å². The van der Waals surface area contributed by atoms with Crippen molar-refractivity contribution in [2.45, 2.75) is 45.3 Å². The minimum atomic E-state index is -0.384. The van der Waals surface area contributed by atoms with Crippen LogP contribution in [0.3, 0.4) is 0 Å². The third-order valence-electron chi connectivity index (χ3n) is 4.72. The molecule has 2 amide bonds. The molecule has 134 valence electrons. The molecule has 1 aromatic carbocycles. The number of benzene rings is 1. The van der Waals surface area contributed by atoms with Gasteiger partial charge in [-0.25, -0.2) is 4.79 Å². The van der Waals surface area contributed by atoms with Gasteiger partial charge in [-0.3, -0.25) is 4.90 Å². The fourth-order valence-corrected chi connectivity index (χ4v) is 3.10. The number of likely N-dealkylation sites (tertiary alicyclic amines) is 1. The maximum atomic E-state index is 12.3. The summed E-state index contributed by atoms with van der Waals surface area (Å²) >= 11 is 0. The summed E-state index contributed by atoms with van der Waals surface area (Å²) in [6.07, 6.45) is 2.66. The van der Waals surface area contributed by atoms with Crippen molar-refractivity contribution in [2.24, 2.45) is 0 Å². The monoisotopic (exact) mass is 333 g/mol. The Hall–Kier alpha value is -1.59. The van der Waals surface area contributed by atoms with Crippen molar-refractivity contribution < 1.29 is 9.90 Å². The highest BCUT2D eigenvalue weighted by molar-refractivity contribution is 5.73. The Balaban J connectivity index is 1.95. The van der Waals surface area contributed by atoms with Crippen LogP contribution in [0.1, 0.15) is 43.4 Å². The lowest BCUT2D eigenvalue weighted by Gasteiger charge is -2.29. The van der Waals surface area contributed by atoms with Crippen LogP contribution < -0.4 is 5.32 Å². The predicted octanol–water partition coefficient (Wildman–Crippen LogP) is 2.54. The summed E-state index contributed by atoms with van der Waals surface area (Å²) < 4.78 is 0. The summed E-state index contributed by atoms with van der Waals surface area (Å²) in [6.45, 7) is 7.18. The molecule has 0 saturated carbocycles. The van der Waals surface area contributed by atoms with Crippen LogP contribution in [0.25, 0.3) is 0 Å². The average molecular weight is 333 g/mol. The van der Waals surface area contributed by atoms with Gasteiger partial charge in [0.05, 0.1) is 12.1 Å². The number of nitrogens with one attached hydrogen (secondary N) is 1. The van der Waals surface area contributed by atoms with Gasteiger partial charge in [-0.05, 0) is 51.8 Å². The van der Waals surface area contributed by atoms with Gasteiger partial charge in [-0.15, -0.1) is 0 Å². The molecule has 1 aliphatic heterocycles. The highest BCUT2D eigenvalue weighted by Crippen LogP contribution is 2.24. The molecule has 1 heterocycles. The second-order valence-corrected chi connectivity index (χ2v) is 6.91. The van der Waals surface area contributed by atoms with Crippen LogP contribution in [0.4, 0.5) is 4.79 Å². The predicted molar refractivity (Wildman–Crippen MR) is 97.1 cm³/mol. The molecule has 2 N–H and O–H groups in total. The summed E-state index contributed by atoms with van der Waals surface area (Å²) in [7, 11) is 1.77. The van der Waals surface area contributed by atoms with Crippen LogP contribution in [0, 0.1) is 6.92 Å². The highest BCUT2D eigenvalue weighted by atomic mass is 16.3. The maximum absolute atomic E-state index is 12.3. The molecule has 2 unspecified atom stereocenters. The largest absolute Gasteiger partial charge is 0.393 e. The van der Waals surface area contributed by atoms with Crippen LogP contribution in [0.2, 0.25) is 0 Å².